The zero-order valence-corrected chi connectivity index (χ0v) is 14.1. The summed E-state index contributed by atoms with van der Waals surface area (Å²) >= 11 is 1.58. The van der Waals surface area contributed by atoms with E-state index < -0.39 is 0 Å². The first-order chi connectivity index (χ1) is 11.1. The van der Waals surface area contributed by atoms with Crippen LogP contribution in [0.15, 0.2) is 65.6 Å². The number of aryl methyl sites for hydroxylation is 2. The zero-order valence-electron chi connectivity index (χ0n) is 13.3. The molecule has 3 aromatic rings. The lowest BCUT2D eigenvalue weighted by Crippen LogP contribution is -2.14. The molecule has 0 aliphatic heterocycles. The minimum atomic E-state index is 0.0247. The fraction of sp³-hybridized carbons (Fsp3) is 0.150. The minimum absolute atomic E-state index is 0.0247. The van der Waals surface area contributed by atoms with Crippen LogP contribution in [0.1, 0.15) is 11.1 Å². The largest absolute Gasteiger partial charge is 0.325 e. The molecule has 0 aromatic heterocycles. The van der Waals surface area contributed by atoms with Gasteiger partial charge in [-0.15, -0.1) is 11.8 Å². The molecule has 3 rings (SSSR count). The second kappa shape index (κ2) is 6.88. The fourth-order valence-corrected chi connectivity index (χ4v) is 3.40. The third-order valence-corrected chi connectivity index (χ3v) is 4.85. The summed E-state index contributed by atoms with van der Waals surface area (Å²) in [4.78, 5) is 13.4. The van der Waals surface area contributed by atoms with Gasteiger partial charge in [0.05, 0.1) is 5.75 Å². The molecule has 1 N–H and O–H groups in total. The molecule has 1 amide bonds. The maximum Gasteiger partial charge on any atom is 0.234 e. The molecule has 0 bridgehead atoms. The Balaban J connectivity index is 1.70. The Morgan fingerprint density at radius 1 is 1.00 bits per heavy atom. The van der Waals surface area contributed by atoms with Crippen LogP contribution in [0.3, 0.4) is 0 Å². The lowest BCUT2D eigenvalue weighted by Gasteiger charge is -2.10. The van der Waals surface area contributed by atoms with E-state index in [-0.39, 0.29) is 5.91 Å². The van der Waals surface area contributed by atoms with E-state index in [1.54, 1.807) is 11.8 Å². The van der Waals surface area contributed by atoms with Crippen LogP contribution in [0.25, 0.3) is 10.8 Å². The monoisotopic (exact) mass is 321 g/mol. The van der Waals surface area contributed by atoms with Crippen molar-refractivity contribution in [2.24, 2.45) is 0 Å². The molecule has 0 fully saturated rings. The molecule has 116 valence electrons. The summed E-state index contributed by atoms with van der Waals surface area (Å²) in [7, 11) is 0. The van der Waals surface area contributed by atoms with Gasteiger partial charge in [-0.05, 0) is 47.9 Å². The highest BCUT2D eigenvalue weighted by molar-refractivity contribution is 8.00. The third kappa shape index (κ3) is 3.74. The van der Waals surface area contributed by atoms with Gasteiger partial charge in [-0.1, -0.05) is 48.5 Å². The van der Waals surface area contributed by atoms with Gasteiger partial charge in [-0.3, -0.25) is 4.79 Å². The Bertz CT molecular complexity index is 852. The maximum atomic E-state index is 12.3. The van der Waals surface area contributed by atoms with Crippen LogP contribution in [0.5, 0.6) is 0 Å². The molecule has 3 aromatic carbocycles. The fourth-order valence-electron chi connectivity index (χ4n) is 2.52. The Hall–Kier alpha value is -2.26. The molecular formula is C20H19NOS. The van der Waals surface area contributed by atoms with E-state index in [4.69, 9.17) is 0 Å². The summed E-state index contributed by atoms with van der Waals surface area (Å²) in [6, 6.07) is 20.5. The van der Waals surface area contributed by atoms with Gasteiger partial charge >= 0.3 is 0 Å². The van der Waals surface area contributed by atoms with Gasteiger partial charge in [-0.25, -0.2) is 0 Å². The topological polar surface area (TPSA) is 29.1 Å². The number of carbonyl (C=O) groups excluding carboxylic acids is 1. The van der Waals surface area contributed by atoms with Crippen LogP contribution in [-0.4, -0.2) is 11.7 Å². The number of hydrogen-bond acceptors (Lipinski definition) is 2. The normalized spacial score (nSPS) is 10.7. The van der Waals surface area contributed by atoms with Crippen LogP contribution >= 0.6 is 11.8 Å². The van der Waals surface area contributed by atoms with Gasteiger partial charge in [0.1, 0.15) is 0 Å². The van der Waals surface area contributed by atoms with E-state index >= 15 is 0 Å². The second-order valence-electron chi connectivity index (χ2n) is 5.63. The number of amides is 1. The Labute approximate surface area is 140 Å². The molecular weight excluding hydrogens is 302 g/mol. The summed E-state index contributed by atoms with van der Waals surface area (Å²) in [5.74, 6) is 0.429. The third-order valence-electron chi connectivity index (χ3n) is 3.78. The summed E-state index contributed by atoms with van der Waals surface area (Å²) < 4.78 is 0. The molecule has 0 heterocycles. The molecule has 0 saturated carbocycles. The Morgan fingerprint density at radius 2 is 1.78 bits per heavy atom. The van der Waals surface area contributed by atoms with E-state index in [9.17, 15) is 4.79 Å². The summed E-state index contributed by atoms with van der Waals surface area (Å²) in [5.41, 5.74) is 3.13. The van der Waals surface area contributed by atoms with Crippen molar-refractivity contribution in [2.75, 3.05) is 11.1 Å². The van der Waals surface area contributed by atoms with Crippen LogP contribution in [0, 0.1) is 13.8 Å². The van der Waals surface area contributed by atoms with Crippen molar-refractivity contribution in [1.29, 1.82) is 0 Å². The second-order valence-corrected chi connectivity index (χ2v) is 6.65. The number of thioether (sulfide) groups is 1. The molecule has 0 unspecified atom stereocenters. The van der Waals surface area contributed by atoms with Gasteiger partial charge in [0.25, 0.3) is 0 Å². The average molecular weight is 321 g/mol. The lowest BCUT2D eigenvalue weighted by molar-refractivity contribution is -0.113. The van der Waals surface area contributed by atoms with Gasteiger partial charge in [0, 0.05) is 10.6 Å². The van der Waals surface area contributed by atoms with E-state index in [1.165, 1.54) is 10.8 Å². The van der Waals surface area contributed by atoms with Crippen LogP contribution in [0.4, 0.5) is 5.69 Å². The summed E-state index contributed by atoms with van der Waals surface area (Å²) in [5, 5.41) is 5.40. The van der Waals surface area contributed by atoms with Crippen molar-refractivity contribution in [3.8, 4) is 0 Å². The molecule has 0 spiro atoms. The first kappa shape index (κ1) is 15.6. The first-order valence-corrected chi connectivity index (χ1v) is 8.60. The van der Waals surface area contributed by atoms with E-state index in [0.717, 1.165) is 21.7 Å². The predicted octanol–water partition coefficient (Wildman–Crippen LogP) is 5.19. The summed E-state index contributed by atoms with van der Waals surface area (Å²) in [6.45, 7) is 4.03. The van der Waals surface area contributed by atoms with E-state index in [2.05, 4.69) is 35.6 Å². The maximum absolute atomic E-state index is 12.3. The van der Waals surface area contributed by atoms with Crippen molar-refractivity contribution < 1.29 is 4.79 Å². The van der Waals surface area contributed by atoms with Crippen LogP contribution in [0.2, 0.25) is 0 Å². The van der Waals surface area contributed by atoms with Gasteiger partial charge < -0.3 is 5.32 Å². The Kier molecular flexibility index (Phi) is 4.68. The zero-order chi connectivity index (χ0) is 16.2. The highest BCUT2D eigenvalue weighted by atomic mass is 32.2. The Morgan fingerprint density at radius 3 is 2.65 bits per heavy atom. The first-order valence-electron chi connectivity index (χ1n) is 7.61. The van der Waals surface area contributed by atoms with Crippen LogP contribution in [-0.2, 0) is 4.79 Å². The summed E-state index contributed by atoms with van der Waals surface area (Å²) in [6.07, 6.45) is 0. The van der Waals surface area contributed by atoms with Crippen molar-refractivity contribution in [3.05, 3.63) is 71.8 Å². The smallest absolute Gasteiger partial charge is 0.234 e. The van der Waals surface area contributed by atoms with Crippen molar-refractivity contribution >= 4 is 34.1 Å². The lowest BCUT2D eigenvalue weighted by atomic mass is 10.1. The van der Waals surface area contributed by atoms with Crippen molar-refractivity contribution in [1.82, 2.24) is 0 Å². The van der Waals surface area contributed by atoms with E-state index in [1.807, 2.05) is 44.2 Å². The number of nitrogens with one attached hydrogen (secondary N) is 1. The van der Waals surface area contributed by atoms with Crippen molar-refractivity contribution in [3.63, 3.8) is 0 Å². The quantitative estimate of drug-likeness (QED) is 0.670. The van der Waals surface area contributed by atoms with Gasteiger partial charge in [0.15, 0.2) is 0 Å². The SMILES string of the molecule is Cc1ccc(C)c(NC(=O)CSc2cccc3ccccc23)c1. The highest BCUT2D eigenvalue weighted by Gasteiger charge is 2.07. The molecule has 0 saturated heterocycles. The molecule has 2 nitrogen and oxygen atoms in total. The average Bonchev–Trinajstić information content (AvgIpc) is 2.56. The minimum Gasteiger partial charge on any atom is -0.325 e. The van der Waals surface area contributed by atoms with Crippen LogP contribution < -0.4 is 5.32 Å². The van der Waals surface area contributed by atoms with Gasteiger partial charge in [0.2, 0.25) is 5.91 Å². The molecule has 0 radical (unpaired) electrons. The standard InChI is InChI=1S/C20H19NOS/c1-14-10-11-15(2)18(12-14)21-20(22)13-23-19-9-5-7-16-6-3-4-8-17(16)19/h3-12H,13H2,1-2H3,(H,21,22). The molecule has 0 atom stereocenters. The number of anilines is 1. The van der Waals surface area contributed by atoms with Crippen molar-refractivity contribution in [2.45, 2.75) is 18.7 Å². The number of benzene rings is 3. The molecule has 0 aliphatic rings. The number of fused-ring (bicyclic) bond motifs is 1. The van der Waals surface area contributed by atoms with E-state index in [0.29, 0.717) is 5.75 Å². The molecule has 23 heavy (non-hydrogen) atoms. The number of carbonyl (C=O) groups is 1. The highest BCUT2D eigenvalue weighted by Crippen LogP contribution is 2.28. The number of hydrogen-bond donors (Lipinski definition) is 1. The molecule has 3 heteroatoms. The van der Waals surface area contributed by atoms with Gasteiger partial charge in [-0.2, -0.15) is 0 Å². The number of rotatable bonds is 4. The predicted molar refractivity (Wildman–Crippen MR) is 99.2 cm³/mol. The molecule has 0 aliphatic carbocycles.